The molecule has 8 heteroatoms. The van der Waals surface area contributed by atoms with Crippen LogP contribution >= 0.6 is 11.6 Å². The van der Waals surface area contributed by atoms with Gasteiger partial charge in [-0.05, 0) is 54.5 Å². The summed E-state index contributed by atoms with van der Waals surface area (Å²) in [7, 11) is -3.96. The van der Waals surface area contributed by atoms with Crippen LogP contribution in [0.25, 0.3) is 6.08 Å². The summed E-state index contributed by atoms with van der Waals surface area (Å²) in [5.41, 5.74) is 1.52. The van der Waals surface area contributed by atoms with Gasteiger partial charge >= 0.3 is 0 Å². The van der Waals surface area contributed by atoms with Gasteiger partial charge in [0.15, 0.2) is 0 Å². The van der Waals surface area contributed by atoms with E-state index < -0.39 is 15.9 Å². The quantitative estimate of drug-likeness (QED) is 0.776. The Morgan fingerprint density at radius 3 is 2.33 bits per heavy atom. The van der Waals surface area contributed by atoms with Gasteiger partial charge in [0, 0.05) is 29.8 Å². The monoisotopic (exact) mass is 404 g/mol. The van der Waals surface area contributed by atoms with E-state index in [-0.39, 0.29) is 10.8 Å². The number of anilines is 1. The molecule has 3 rings (SSSR count). The van der Waals surface area contributed by atoms with Crippen LogP contribution in [-0.4, -0.2) is 26.8 Å². The van der Waals surface area contributed by atoms with Gasteiger partial charge in [-0.3, -0.25) is 9.59 Å². The largest absolute Gasteiger partial charge is 0.312 e. The summed E-state index contributed by atoms with van der Waals surface area (Å²) >= 11 is 5.73. The number of hydrogen-bond acceptors (Lipinski definition) is 4. The molecule has 0 radical (unpaired) electrons. The van der Waals surface area contributed by atoms with Crippen molar-refractivity contribution in [3.63, 3.8) is 0 Å². The number of halogens is 1. The zero-order valence-corrected chi connectivity index (χ0v) is 15.8. The van der Waals surface area contributed by atoms with Gasteiger partial charge in [0.25, 0.3) is 15.9 Å². The first-order valence-electron chi connectivity index (χ1n) is 8.26. The molecule has 2 amide bonds. The van der Waals surface area contributed by atoms with E-state index in [1.807, 2.05) is 4.72 Å². The summed E-state index contributed by atoms with van der Waals surface area (Å²) < 4.78 is 26.3. The molecule has 1 aliphatic heterocycles. The molecule has 1 fully saturated rings. The van der Waals surface area contributed by atoms with E-state index in [9.17, 15) is 18.0 Å². The number of nitrogens with one attached hydrogen (secondary N) is 1. The first kappa shape index (κ1) is 19.1. The Kier molecular flexibility index (Phi) is 5.62. The van der Waals surface area contributed by atoms with Gasteiger partial charge in [0.05, 0.1) is 4.90 Å². The van der Waals surface area contributed by atoms with Crippen molar-refractivity contribution in [2.45, 2.75) is 17.7 Å². The highest BCUT2D eigenvalue weighted by atomic mass is 35.5. The Morgan fingerprint density at radius 1 is 1.07 bits per heavy atom. The normalized spacial score (nSPS) is 14.7. The topological polar surface area (TPSA) is 83.6 Å². The molecule has 0 spiro atoms. The van der Waals surface area contributed by atoms with Gasteiger partial charge in [0.2, 0.25) is 5.91 Å². The molecule has 6 nitrogen and oxygen atoms in total. The Bertz CT molecular complexity index is 983. The Hall–Kier alpha value is -2.64. The maximum Gasteiger partial charge on any atom is 0.264 e. The average molecular weight is 405 g/mol. The summed E-state index contributed by atoms with van der Waals surface area (Å²) in [6, 6.07) is 12.6. The van der Waals surface area contributed by atoms with Crippen LogP contribution in [0.15, 0.2) is 59.5 Å². The lowest BCUT2D eigenvalue weighted by Crippen LogP contribution is -2.28. The second-order valence-corrected chi connectivity index (χ2v) is 8.12. The Morgan fingerprint density at radius 2 is 1.74 bits per heavy atom. The van der Waals surface area contributed by atoms with E-state index in [0.717, 1.165) is 18.2 Å². The van der Waals surface area contributed by atoms with Crippen molar-refractivity contribution in [2.24, 2.45) is 0 Å². The minimum absolute atomic E-state index is 0.0479. The maximum absolute atomic E-state index is 12.1. The number of rotatable bonds is 5. The maximum atomic E-state index is 12.1. The molecule has 140 valence electrons. The number of carbonyl (C=O) groups excluding carboxylic acids is 2. The summed E-state index contributed by atoms with van der Waals surface area (Å²) in [5.74, 6) is -0.658. The van der Waals surface area contributed by atoms with Crippen molar-refractivity contribution in [3.05, 3.63) is 65.2 Å². The van der Waals surface area contributed by atoms with E-state index in [1.165, 1.54) is 30.3 Å². The van der Waals surface area contributed by atoms with Crippen LogP contribution in [0.5, 0.6) is 0 Å². The summed E-state index contributed by atoms with van der Waals surface area (Å²) in [5, 5.41) is 0.402. The van der Waals surface area contributed by atoms with E-state index in [4.69, 9.17) is 11.6 Å². The third kappa shape index (κ3) is 4.75. The number of benzene rings is 2. The number of amides is 2. The molecule has 0 bridgehead atoms. The molecule has 1 heterocycles. The highest BCUT2D eigenvalue weighted by Gasteiger charge is 2.21. The molecule has 0 aromatic heterocycles. The first-order valence-corrected chi connectivity index (χ1v) is 10.1. The molecular formula is C19H17ClN2O4S. The summed E-state index contributed by atoms with van der Waals surface area (Å²) in [6.45, 7) is 0.707. The number of hydrogen-bond donors (Lipinski definition) is 1. The molecule has 1 saturated heterocycles. The number of sulfonamides is 1. The second-order valence-electron chi connectivity index (χ2n) is 6.00. The van der Waals surface area contributed by atoms with Gasteiger partial charge in [-0.2, -0.15) is 0 Å². The fraction of sp³-hybridized carbons (Fsp3) is 0.158. The number of nitrogens with zero attached hydrogens (tertiary/aromatic N) is 1. The summed E-state index contributed by atoms with van der Waals surface area (Å²) in [6.07, 6.45) is 4.05. The molecule has 2 aromatic carbocycles. The minimum Gasteiger partial charge on any atom is -0.312 e. The third-order valence-electron chi connectivity index (χ3n) is 4.06. The highest BCUT2D eigenvalue weighted by Crippen LogP contribution is 2.22. The van der Waals surface area contributed by atoms with Gasteiger partial charge in [-0.25, -0.2) is 13.1 Å². The van der Waals surface area contributed by atoms with Crippen LogP contribution in [-0.2, 0) is 19.6 Å². The molecule has 27 heavy (non-hydrogen) atoms. The molecule has 0 aliphatic carbocycles. The first-order chi connectivity index (χ1) is 12.8. The van der Waals surface area contributed by atoms with Gasteiger partial charge < -0.3 is 4.90 Å². The second kappa shape index (κ2) is 7.94. The lowest BCUT2D eigenvalue weighted by Gasteiger charge is -2.15. The van der Waals surface area contributed by atoms with E-state index in [1.54, 1.807) is 29.2 Å². The molecule has 2 aromatic rings. The smallest absolute Gasteiger partial charge is 0.264 e. The summed E-state index contributed by atoms with van der Waals surface area (Å²) in [4.78, 5) is 25.3. The molecule has 1 aliphatic rings. The lowest BCUT2D eigenvalue weighted by atomic mass is 10.2. The van der Waals surface area contributed by atoms with Gasteiger partial charge in [0.1, 0.15) is 0 Å². The van der Waals surface area contributed by atoms with Crippen LogP contribution in [0.3, 0.4) is 0 Å². The molecule has 1 N–H and O–H groups in total. The Labute approximate surface area is 162 Å². The molecule has 0 atom stereocenters. The Balaban J connectivity index is 1.64. The van der Waals surface area contributed by atoms with Crippen LogP contribution in [0.4, 0.5) is 5.69 Å². The predicted molar refractivity (Wildman–Crippen MR) is 104 cm³/mol. The zero-order valence-electron chi connectivity index (χ0n) is 14.3. The van der Waals surface area contributed by atoms with E-state index in [2.05, 4.69) is 0 Å². The highest BCUT2D eigenvalue weighted by molar-refractivity contribution is 7.90. The fourth-order valence-electron chi connectivity index (χ4n) is 2.70. The SMILES string of the molecule is O=C(C=Cc1ccc(N2CCCC2=O)cc1)NS(=O)(=O)c1ccc(Cl)cc1. The van der Waals surface area contributed by atoms with Crippen molar-refractivity contribution in [3.8, 4) is 0 Å². The van der Waals surface area contributed by atoms with Crippen molar-refractivity contribution in [1.29, 1.82) is 0 Å². The van der Waals surface area contributed by atoms with Crippen LogP contribution < -0.4 is 9.62 Å². The third-order valence-corrected chi connectivity index (χ3v) is 5.68. The van der Waals surface area contributed by atoms with Crippen molar-refractivity contribution < 1.29 is 18.0 Å². The van der Waals surface area contributed by atoms with Crippen LogP contribution in [0.2, 0.25) is 5.02 Å². The minimum atomic E-state index is -3.96. The average Bonchev–Trinajstić information content (AvgIpc) is 3.06. The molecule has 0 saturated carbocycles. The van der Waals surface area contributed by atoms with E-state index >= 15 is 0 Å². The van der Waals surface area contributed by atoms with Crippen molar-refractivity contribution in [2.75, 3.05) is 11.4 Å². The van der Waals surface area contributed by atoms with Crippen LogP contribution in [0, 0.1) is 0 Å². The van der Waals surface area contributed by atoms with Crippen molar-refractivity contribution >= 4 is 45.2 Å². The predicted octanol–water partition coefficient (Wildman–Crippen LogP) is 2.99. The van der Waals surface area contributed by atoms with Gasteiger partial charge in [-0.1, -0.05) is 23.7 Å². The molecular weight excluding hydrogens is 388 g/mol. The lowest BCUT2D eigenvalue weighted by molar-refractivity contribution is -0.117. The standard InChI is InChI=1S/C19H17ClN2O4S/c20-15-6-10-17(11-7-15)27(25,26)21-18(23)12-5-14-3-8-16(9-4-14)22-13-1-2-19(22)24/h3-12H,1-2,13H2,(H,21,23). The van der Waals surface area contributed by atoms with Crippen LogP contribution in [0.1, 0.15) is 18.4 Å². The zero-order chi connectivity index (χ0) is 19.4. The fourth-order valence-corrected chi connectivity index (χ4v) is 3.77. The molecule has 0 unspecified atom stereocenters. The van der Waals surface area contributed by atoms with Crippen molar-refractivity contribution in [1.82, 2.24) is 4.72 Å². The van der Waals surface area contributed by atoms with E-state index in [0.29, 0.717) is 23.6 Å². The number of carbonyl (C=O) groups is 2. The van der Waals surface area contributed by atoms with Gasteiger partial charge in [-0.15, -0.1) is 0 Å².